The van der Waals surface area contributed by atoms with Crippen molar-refractivity contribution in [3.05, 3.63) is 103 Å². The Bertz CT molecular complexity index is 1220. The van der Waals surface area contributed by atoms with Gasteiger partial charge < -0.3 is 20.2 Å². The van der Waals surface area contributed by atoms with Crippen molar-refractivity contribution in [2.75, 3.05) is 12.4 Å². The van der Waals surface area contributed by atoms with Crippen LogP contribution in [-0.2, 0) is 0 Å². The largest absolute Gasteiger partial charge is 0.495 e. The van der Waals surface area contributed by atoms with Crippen molar-refractivity contribution in [1.29, 1.82) is 0 Å². The summed E-state index contributed by atoms with van der Waals surface area (Å²) in [6.07, 6.45) is 9.52. The number of carbonyl (C=O) groups is 1. The molecule has 0 amide bonds. The van der Waals surface area contributed by atoms with Crippen LogP contribution in [0, 0.1) is 0 Å². The van der Waals surface area contributed by atoms with Crippen molar-refractivity contribution < 1.29 is 13.9 Å². The highest BCUT2D eigenvalue weighted by molar-refractivity contribution is 6.08. The molecule has 4 rings (SSSR count). The lowest BCUT2D eigenvalue weighted by Gasteiger charge is -2.20. The number of hydrogen-bond donors (Lipinski definition) is 2. The molecule has 1 unspecified atom stereocenters. The van der Waals surface area contributed by atoms with E-state index in [2.05, 4.69) is 15.3 Å². The number of carbonyl (C=O) groups excluding carboxylic acids is 1. The maximum absolute atomic E-state index is 13.7. The second-order valence-corrected chi connectivity index (χ2v) is 7.02. The van der Waals surface area contributed by atoms with Gasteiger partial charge in [-0.05, 0) is 23.8 Å². The predicted molar refractivity (Wildman–Crippen MR) is 123 cm³/mol. The summed E-state index contributed by atoms with van der Waals surface area (Å²) in [5.41, 5.74) is 9.94. The highest BCUT2D eigenvalue weighted by Crippen LogP contribution is 2.28. The van der Waals surface area contributed by atoms with Crippen molar-refractivity contribution in [3.8, 4) is 16.9 Å². The number of hydrogen-bond acceptors (Lipinski definition) is 7. The number of nitrogens with one attached hydrogen (secondary N) is 1. The van der Waals surface area contributed by atoms with Crippen LogP contribution in [-0.4, -0.2) is 28.9 Å². The van der Waals surface area contributed by atoms with E-state index in [9.17, 15) is 4.79 Å². The number of benzene rings is 1. The highest BCUT2D eigenvalue weighted by Gasteiger charge is 2.27. The summed E-state index contributed by atoms with van der Waals surface area (Å²) in [6, 6.07) is 15.9. The van der Waals surface area contributed by atoms with Crippen molar-refractivity contribution in [1.82, 2.24) is 9.97 Å². The van der Waals surface area contributed by atoms with Gasteiger partial charge in [0.15, 0.2) is 5.78 Å². The van der Waals surface area contributed by atoms with Crippen LogP contribution in [0.2, 0.25) is 0 Å². The monoisotopic (exact) mass is 426 g/mol. The molecule has 1 atom stereocenters. The number of pyridine rings is 2. The zero-order valence-electron chi connectivity index (χ0n) is 17.4. The van der Waals surface area contributed by atoms with E-state index in [1.165, 1.54) is 6.26 Å². The number of anilines is 1. The molecule has 160 valence electrons. The van der Waals surface area contributed by atoms with E-state index in [0.29, 0.717) is 34.0 Å². The average Bonchev–Trinajstić information content (AvgIpc) is 3.33. The number of Topliss-reactive ketones (excluding diaryl/α,β-unsaturated/α-hetero) is 1. The summed E-state index contributed by atoms with van der Waals surface area (Å²) < 4.78 is 10.6. The van der Waals surface area contributed by atoms with E-state index in [4.69, 9.17) is 14.9 Å². The number of ether oxygens (including phenoxy) is 1. The van der Waals surface area contributed by atoms with Gasteiger partial charge in [-0.3, -0.25) is 14.8 Å². The third kappa shape index (κ3) is 4.67. The minimum absolute atomic E-state index is 0.245. The first-order chi connectivity index (χ1) is 15.7. The topological polar surface area (TPSA) is 103 Å². The minimum Gasteiger partial charge on any atom is -0.495 e. The summed E-state index contributed by atoms with van der Waals surface area (Å²) in [7, 11) is 1.55. The van der Waals surface area contributed by atoms with Crippen LogP contribution in [0.3, 0.4) is 0 Å². The Labute approximate surface area is 185 Å². The molecule has 0 spiro atoms. The van der Waals surface area contributed by atoms with E-state index in [1.54, 1.807) is 44.1 Å². The first kappa shape index (κ1) is 20.9. The Kier molecular flexibility index (Phi) is 6.27. The van der Waals surface area contributed by atoms with Gasteiger partial charge in [-0.2, -0.15) is 0 Å². The first-order valence-corrected chi connectivity index (χ1v) is 9.95. The lowest BCUT2D eigenvalue weighted by Crippen LogP contribution is -2.35. The lowest BCUT2D eigenvalue weighted by molar-refractivity contribution is 0.0981. The molecule has 1 aromatic carbocycles. The van der Waals surface area contributed by atoms with Gasteiger partial charge in [0.05, 0.1) is 42.7 Å². The van der Waals surface area contributed by atoms with E-state index < -0.39 is 6.04 Å². The molecular formula is C25H22N4O3. The molecule has 3 heterocycles. The van der Waals surface area contributed by atoms with Gasteiger partial charge in [0.1, 0.15) is 18.1 Å². The van der Waals surface area contributed by atoms with E-state index in [-0.39, 0.29) is 5.78 Å². The molecule has 32 heavy (non-hydrogen) atoms. The lowest BCUT2D eigenvalue weighted by atomic mass is 9.96. The van der Waals surface area contributed by atoms with Gasteiger partial charge in [-0.1, -0.05) is 36.4 Å². The standard InChI is InChI=1S/C25H22N4O3/c1-31-20-11-19(13-27-14-20)29-24(23(26)12-18-9-5-6-10-28-18)25(30)22-16-32-15-21(22)17-7-3-2-4-8-17/h2-16,24,29H,26H2,1H3. The molecule has 0 saturated heterocycles. The number of furan rings is 1. The zero-order valence-corrected chi connectivity index (χ0v) is 17.4. The molecule has 7 heteroatoms. The Morgan fingerprint density at radius 2 is 1.94 bits per heavy atom. The molecule has 3 N–H and O–H groups in total. The number of methoxy groups -OCH3 is 1. The number of rotatable bonds is 8. The molecule has 0 aliphatic heterocycles. The van der Waals surface area contributed by atoms with Gasteiger partial charge in [0.2, 0.25) is 0 Å². The maximum Gasteiger partial charge on any atom is 0.194 e. The maximum atomic E-state index is 13.7. The molecule has 3 aromatic heterocycles. The molecule has 0 aliphatic carbocycles. The number of aromatic nitrogens is 2. The van der Waals surface area contributed by atoms with Crippen LogP contribution >= 0.6 is 0 Å². The Morgan fingerprint density at radius 3 is 2.69 bits per heavy atom. The van der Waals surface area contributed by atoms with Gasteiger partial charge in [0.25, 0.3) is 0 Å². The Hall–Kier alpha value is -4.39. The summed E-state index contributed by atoms with van der Waals surface area (Å²) in [5, 5.41) is 3.19. The smallest absolute Gasteiger partial charge is 0.194 e. The minimum atomic E-state index is -0.883. The Balaban J connectivity index is 1.73. The van der Waals surface area contributed by atoms with Gasteiger partial charge >= 0.3 is 0 Å². The van der Waals surface area contributed by atoms with Crippen molar-refractivity contribution in [2.24, 2.45) is 5.73 Å². The van der Waals surface area contributed by atoms with E-state index in [1.807, 2.05) is 48.5 Å². The second kappa shape index (κ2) is 9.61. The number of ketones is 1. The fourth-order valence-corrected chi connectivity index (χ4v) is 3.28. The van der Waals surface area contributed by atoms with Crippen LogP contribution in [0.15, 0.2) is 95.8 Å². The fourth-order valence-electron chi connectivity index (χ4n) is 3.28. The molecular weight excluding hydrogens is 404 g/mol. The van der Waals surface area contributed by atoms with Crippen LogP contribution < -0.4 is 15.8 Å². The van der Waals surface area contributed by atoms with Crippen molar-refractivity contribution in [2.45, 2.75) is 6.04 Å². The van der Waals surface area contributed by atoms with Gasteiger partial charge in [0, 0.05) is 23.5 Å². The molecule has 0 radical (unpaired) electrons. The van der Waals surface area contributed by atoms with Crippen molar-refractivity contribution in [3.63, 3.8) is 0 Å². The number of nitrogens with two attached hydrogens (primary N) is 1. The van der Waals surface area contributed by atoms with E-state index >= 15 is 0 Å². The molecule has 0 saturated carbocycles. The van der Waals surface area contributed by atoms with Gasteiger partial charge in [-0.25, -0.2) is 0 Å². The summed E-state index contributed by atoms with van der Waals surface area (Å²) >= 11 is 0. The zero-order chi connectivity index (χ0) is 22.3. The molecule has 0 bridgehead atoms. The number of nitrogens with zero attached hydrogens (tertiary/aromatic N) is 2. The normalized spacial score (nSPS) is 12.2. The average molecular weight is 426 g/mol. The van der Waals surface area contributed by atoms with Crippen LogP contribution in [0.25, 0.3) is 17.2 Å². The van der Waals surface area contributed by atoms with Crippen LogP contribution in [0.5, 0.6) is 5.75 Å². The predicted octanol–water partition coefficient (Wildman–Crippen LogP) is 4.41. The third-order valence-electron chi connectivity index (χ3n) is 4.87. The third-order valence-corrected chi connectivity index (χ3v) is 4.87. The second-order valence-electron chi connectivity index (χ2n) is 7.02. The molecule has 0 fully saturated rings. The molecule has 4 aromatic rings. The van der Waals surface area contributed by atoms with Crippen LogP contribution in [0.4, 0.5) is 5.69 Å². The van der Waals surface area contributed by atoms with Gasteiger partial charge in [-0.15, -0.1) is 0 Å². The van der Waals surface area contributed by atoms with Crippen molar-refractivity contribution >= 4 is 17.5 Å². The summed E-state index contributed by atoms with van der Waals surface area (Å²) in [4.78, 5) is 22.1. The Morgan fingerprint density at radius 1 is 1.12 bits per heavy atom. The van der Waals surface area contributed by atoms with E-state index in [0.717, 1.165) is 5.56 Å². The summed E-state index contributed by atoms with van der Waals surface area (Å²) in [5.74, 6) is 0.312. The molecule has 0 aliphatic rings. The quantitative estimate of drug-likeness (QED) is 0.402. The van der Waals surface area contributed by atoms with Crippen LogP contribution in [0.1, 0.15) is 16.1 Å². The SMILES string of the molecule is COc1cncc(NC(C(=O)c2cocc2-c2ccccc2)C(N)=Cc2ccccn2)c1. The summed E-state index contributed by atoms with van der Waals surface area (Å²) in [6.45, 7) is 0. The first-order valence-electron chi connectivity index (χ1n) is 9.95. The molecule has 7 nitrogen and oxygen atoms in total. The fraction of sp³-hybridized carbons (Fsp3) is 0.0800. The highest BCUT2D eigenvalue weighted by atomic mass is 16.5.